The van der Waals surface area contributed by atoms with Crippen LogP contribution in [0.4, 0.5) is 5.69 Å². The molecule has 3 aromatic carbocycles. The van der Waals surface area contributed by atoms with Crippen LogP contribution >= 0.6 is 0 Å². The summed E-state index contributed by atoms with van der Waals surface area (Å²) in [6.07, 6.45) is 0. The van der Waals surface area contributed by atoms with E-state index in [1.165, 1.54) is 16.4 Å². The molecule has 0 aliphatic carbocycles. The van der Waals surface area contributed by atoms with Gasteiger partial charge in [-0.1, -0.05) is 24.3 Å². The van der Waals surface area contributed by atoms with Gasteiger partial charge in [-0.15, -0.1) is 0 Å². The highest BCUT2D eigenvalue weighted by Crippen LogP contribution is 2.22. The Morgan fingerprint density at radius 1 is 0.829 bits per heavy atom. The normalized spacial score (nSPS) is 14.4. The first-order chi connectivity index (χ1) is 17.0. The standard InChI is InChI=1S/C26H28N2O6S/c1-32-23-10-12-24(13-11-23)33-18-19-34-26(29)21-6-5-9-25(20-21)35(30,31)28-16-14-27(15-17-28)22-7-3-2-4-8-22/h2-13,20H,14-19H2,1H3. The first-order valence-corrected chi connectivity index (χ1v) is 12.8. The SMILES string of the molecule is COc1ccc(OCCOC(=O)c2cccc(S(=O)(=O)N3CCN(c4ccccc4)CC3)c2)cc1. The second kappa shape index (κ2) is 11.2. The number of esters is 1. The number of anilines is 1. The highest BCUT2D eigenvalue weighted by atomic mass is 32.2. The fraction of sp³-hybridized carbons (Fsp3) is 0.269. The van der Waals surface area contributed by atoms with Gasteiger partial charge in [0.25, 0.3) is 0 Å². The van der Waals surface area contributed by atoms with Crippen LogP contribution in [0.25, 0.3) is 0 Å². The Kier molecular flexibility index (Phi) is 7.89. The Morgan fingerprint density at radius 2 is 1.51 bits per heavy atom. The molecule has 0 unspecified atom stereocenters. The van der Waals surface area contributed by atoms with Crippen molar-refractivity contribution in [3.63, 3.8) is 0 Å². The molecule has 0 bridgehead atoms. The van der Waals surface area contributed by atoms with Gasteiger partial charge < -0.3 is 19.1 Å². The second-order valence-corrected chi connectivity index (χ2v) is 9.85. The van der Waals surface area contributed by atoms with E-state index in [0.29, 0.717) is 31.9 Å². The Labute approximate surface area is 205 Å². The number of hydrogen-bond donors (Lipinski definition) is 0. The summed E-state index contributed by atoms with van der Waals surface area (Å²) in [5.74, 6) is 0.744. The summed E-state index contributed by atoms with van der Waals surface area (Å²) in [6.45, 7) is 2.13. The first-order valence-electron chi connectivity index (χ1n) is 11.3. The maximum Gasteiger partial charge on any atom is 0.338 e. The van der Waals surface area contributed by atoms with Gasteiger partial charge in [-0.2, -0.15) is 4.31 Å². The average molecular weight is 497 g/mol. The molecule has 0 amide bonds. The molecule has 3 aromatic rings. The number of methoxy groups -OCH3 is 1. The van der Waals surface area contributed by atoms with Crippen molar-refractivity contribution >= 4 is 21.7 Å². The Bertz CT molecular complexity index is 1220. The molecule has 8 nitrogen and oxygen atoms in total. The van der Waals surface area contributed by atoms with Crippen LogP contribution in [0, 0.1) is 0 Å². The number of carbonyl (C=O) groups excluding carboxylic acids is 1. The Morgan fingerprint density at radius 3 is 2.20 bits per heavy atom. The van der Waals surface area contributed by atoms with E-state index in [-0.39, 0.29) is 23.7 Å². The van der Waals surface area contributed by atoms with Gasteiger partial charge in [0.05, 0.1) is 17.6 Å². The summed E-state index contributed by atoms with van der Waals surface area (Å²) < 4.78 is 43.8. The maximum absolute atomic E-state index is 13.2. The van der Waals surface area contributed by atoms with Crippen molar-refractivity contribution in [2.24, 2.45) is 0 Å². The maximum atomic E-state index is 13.2. The molecule has 0 radical (unpaired) electrons. The number of rotatable bonds is 9. The smallest absolute Gasteiger partial charge is 0.338 e. The van der Waals surface area contributed by atoms with E-state index in [4.69, 9.17) is 14.2 Å². The highest BCUT2D eigenvalue weighted by molar-refractivity contribution is 7.89. The molecule has 35 heavy (non-hydrogen) atoms. The average Bonchev–Trinajstić information content (AvgIpc) is 2.92. The molecule has 0 aromatic heterocycles. The molecule has 1 heterocycles. The third-order valence-electron chi connectivity index (χ3n) is 5.71. The second-order valence-electron chi connectivity index (χ2n) is 7.91. The van der Waals surface area contributed by atoms with E-state index in [2.05, 4.69) is 4.90 Å². The summed E-state index contributed by atoms with van der Waals surface area (Å²) >= 11 is 0. The van der Waals surface area contributed by atoms with Gasteiger partial charge in [0.1, 0.15) is 24.7 Å². The van der Waals surface area contributed by atoms with Crippen LogP contribution < -0.4 is 14.4 Å². The molecule has 4 rings (SSSR count). The Hall–Kier alpha value is -3.56. The van der Waals surface area contributed by atoms with Gasteiger partial charge in [0, 0.05) is 31.9 Å². The van der Waals surface area contributed by atoms with Crippen LogP contribution in [0.15, 0.2) is 83.8 Å². The minimum atomic E-state index is -3.73. The van der Waals surface area contributed by atoms with Crippen molar-refractivity contribution in [2.45, 2.75) is 4.90 Å². The van der Waals surface area contributed by atoms with Crippen LogP contribution in [0.3, 0.4) is 0 Å². The third-order valence-corrected chi connectivity index (χ3v) is 7.61. The number of para-hydroxylation sites is 1. The van der Waals surface area contributed by atoms with Crippen molar-refractivity contribution in [1.82, 2.24) is 4.31 Å². The van der Waals surface area contributed by atoms with Crippen LogP contribution in [0.2, 0.25) is 0 Å². The van der Waals surface area contributed by atoms with Crippen LogP contribution in [0.1, 0.15) is 10.4 Å². The van der Waals surface area contributed by atoms with Gasteiger partial charge in [0.15, 0.2) is 0 Å². The van der Waals surface area contributed by atoms with Gasteiger partial charge in [-0.3, -0.25) is 0 Å². The molecule has 184 valence electrons. The molecule has 1 aliphatic heterocycles. The summed E-state index contributed by atoms with van der Waals surface area (Å²) in [5.41, 5.74) is 1.25. The molecule has 0 saturated carbocycles. The number of carbonyl (C=O) groups is 1. The number of sulfonamides is 1. The minimum absolute atomic E-state index is 0.0310. The monoisotopic (exact) mass is 496 g/mol. The molecular weight excluding hydrogens is 468 g/mol. The van der Waals surface area contributed by atoms with Crippen molar-refractivity contribution < 1.29 is 27.4 Å². The number of piperazine rings is 1. The number of ether oxygens (including phenoxy) is 3. The number of nitrogens with zero attached hydrogens (tertiary/aromatic N) is 2. The minimum Gasteiger partial charge on any atom is -0.497 e. The molecule has 0 spiro atoms. The van der Waals surface area contributed by atoms with E-state index in [0.717, 1.165) is 11.4 Å². The fourth-order valence-corrected chi connectivity index (χ4v) is 5.28. The zero-order chi connectivity index (χ0) is 24.7. The van der Waals surface area contributed by atoms with Crippen molar-refractivity contribution in [3.05, 3.63) is 84.4 Å². The quantitative estimate of drug-likeness (QED) is 0.331. The van der Waals surface area contributed by atoms with Crippen LogP contribution in [0.5, 0.6) is 11.5 Å². The largest absolute Gasteiger partial charge is 0.497 e. The fourth-order valence-electron chi connectivity index (χ4n) is 3.81. The lowest BCUT2D eigenvalue weighted by molar-refractivity contribution is 0.0450. The molecule has 0 atom stereocenters. The molecule has 1 saturated heterocycles. The van der Waals surface area contributed by atoms with Crippen molar-refractivity contribution in [1.29, 1.82) is 0 Å². The third kappa shape index (κ3) is 6.12. The van der Waals surface area contributed by atoms with Crippen molar-refractivity contribution in [2.75, 3.05) is 51.4 Å². The zero-order valence-electron chi connectivity index (χ0n) is 19.5. The molecular formula is C26H28N2O6S. The summed E-state index contributed by atoms with van der Waals surface area (Å²) in [4.78, 5) is 14.7. The topological polar surface area (TPSA) is 85.4 Å². The lowest BCUT2D eigenvalue weighted by Crippen LogP contribution is -2.48. The number of benzene rings is 3. The van der Waals surface area contributed by atoms with Gasteiger partial charge >= 0.3 is 5.97 Å². The summed E-state index contributed by atoms with van der Waals surface area (Å²) in [6, 6.07) is 22.9. The first kappa shape index (κ1) is 24.6. The van der Waals surface area contributed by atoms with E-state index in [1.807, 2.05) is 30.3 Å². The molecule has 1 aliphatic rings. The van der Waals surface area contributed by atoms with E-state index in [1.54, 1.807) is 43.5 Å². The van der Waals surface area contributed by atoms with E-state index < -0.39 is 16.0 Å². The summed E-state index contributed by atoms with van der Waals surface area (Å²) in [7, 11) is -2.14. The molecule has 1 fully saturated rings. The lowest BCUT2D eigenvalue weighted by atomic mass is 10.2. The molecule has 0 N–H and O–H groups in total. The lowest BCUT2D eigenvalue weighted by Gasteiger charge is -2.35. The Balaban J connectivity index is 1.31. The van der Waals surface area contributed by atoms with Gasteiger partial charge in [-0.05, 0) is 54.6 Å². The zero-order valence-corrected chi connectivity index (χ0v) is 20.3. The van der Waals surface area contributed by atoms with Gasteiger partial charge in [-0.25, -0.2) is 13.2 Å². The molecule has 9 heteroatoms. The predicted octanol–water partition coefficient (Wildman–Crippen LogP) is 3.44. The highest BCUT2D eigenvalue weighted by Gasteiger charge is 2.29. The van der Waals surface area contributed by atoms with Crippen LogP contribution in [-0.4, -0.2) is 65.2 Å². The number of hydrogen-bond acceptors (Lipinski definition) is 7. The van der Waals surface area contributed by atoms with E-state index in [9.17, 15) is 13.2 Å². The van der Waals surface area contributed by atoms with E-state index >= 15 is 0 Å². The van der Waals surface area contributed by atoms with Crippen LogP contribution in [-0.2, 0) is 14.8 Å². The van der Waals surface area contributed by atoms with Crippen molar-refractivity contribution in [3.8, 4) is 11.5 Å². The summed E-state index contributed by atoms with van der Waals surface area (Å²) in [5, 5.41) is 0. The van der Waals surface area contributed by atoms with Gasteiger partial charge in [0.2, 0.25) is 10.0 Å². The predicted molar refractivity (Wildman–Crippen MR) is 133 cm³/mol.